The summed E-state index contributed by atoms with van der Waals surface area (Å²) < 4.78 is 1.61. The fourth-order valence-corrected chi connectivity index (χ4v) is 0.684. The number of hydrogen-bond acceptors (Lipinski definition) is 4. The molecule has 0 aromatic carbocycles. The van der Waals surface area contributed by atoms with Crippen LogP contribution >= 0.6 is 0 Å². The molecule has 0 amide bonds. The summed E-state index contributed by atoms with van der Waals surface area (Å²) in [6.07, 6.45) is 1.77. The Morgan fingerprint density at radius 1 is 1.64 bits per heavy atom. The van der Waals surface area contributed by atoms with E-state index in [2.05, 4.69) is 10.3 Å². The van der Waals surface area contributed by atoms with Crippen LogP contribution in [0.2, 0.25) is 0 Å². The molecule has 0 aliphatic heterocycles. The first-order valence-corrected chi connectivity index (χ1v) is 3.31. The fraction of sp³-hybridized carbons (Fsp3) is 0.667. The van der Waals surface area contributed by atoms with Crippen LogP contribution in [0.1, 0.15) is 19.5 Å². The van der Waals surface area contributed by atoms with E-state index in [4.69, 9.17) is 10.7 Å². The van der Waals surface area contributed by atoms with Gasteiger partial charge in [0.15, 0.2) is 0 Å². The fourth-order valence-electron chi connectivity index (χ4n) is 0.684. The van der Waals surface area contributed by atoms with E-state index in [0.717, 1.165) is 5.69 Å². The lowest BCUT2D eigenvalue weighted by molar-refractivity contribution is -0.0269. The van der Waals surface area contributed by atoms with Gasteiger partial charge in [-0.2, -0.15) is 0 Å². The minimum absolute atomic E-state index is 0.561. The van der Waals surface area contributed by atoms with Crippen LogP contribution in [0.25, 0.3) is 0 Å². The molecule has 0 radical (unpaired) electrons. The van der Waals surface area contributed by atoms with Crippen molar-refractivity contribution in [3.8, 4) is 0 Å². The van der Waals surface area contributed by atoms with E-state index in [0.29, 0.717) is 0 Å². The van der Waals surface area contributed by atoms with E-state index in [9.17, 15) is 0 Å². The van der Waals surface area contributed by atoms with Gasteiger partial charge in [-0.3, -0.25) is 9.52 Å². The minimum atomic E-state index is -0.561. The summed E-state index contributed by atoms with van der Waals surface area (Å²) in [6.45, 7) is 3.66. The van der Waals surface area contributed by atoms with E-state index in [1.54, 1.807) is 17.9 Å². The molecule has 1 aromatic heterocycles. The van der Waals surface area contributed by atoms with Gasteiger partial charge in [-0.25, -0.2) is 5.90 Å². The van der Waals surface area contributed by atoms with Crippen LogP contribution in [0.3, 0.4) is 0 Å². The zero-order chi connectivity index (χ0) is 8.48. The molecule has 0 saturated carbocycles. The largest absolute Gasteiger partial charge is 0.292 e. The van der Waals surface area contributed by atoms with Gasteiger partial charge in [0.25, 0.3) is 0 Å². The molecular formula is C6H12N4O. The Hall–Kier alpha value is -0.940. The molecule has 0 saturated heterocycles. The third-order valence-electron chi connectivity index (χ3n) is 1.51. The molecule has 62 valence electrons. The first-order valence-electron chi connectivity index (χ1n) is 3.31. The lowest BCUT2D eigenvalue weighted by Gasteiger charge is -2.17. The van der Waals surface area contributed by atoms with Crippen molar-refractivity contribution in [1.82, 2.24) is 15.0 Å². The lowest BCUT2D eigenvalue weighted by atomic mass is 10.1. The summed E-state index contributed by atoms with van der Waals surface area (Å²) in [5, 5.41) is 7.63. The van der Waals surface area contributed by atoms with Crippen LogP contribution < -0.4 is 5.90 Å². The molecular weight excluding hydrogens is 144 g/mol. The van der Waals surface area contributed by atoms with Gasteiger partial charge in [0, 0.05) is 7.05 Å². The van der Waals surface area contributed by atoms with Gasteiger partial charge >= 0.3 is 0 Å². The molecule has 0 aliphatic carbocycles. The molecule has 0 bridgehead atoms. The van der Waals surface area contributed by atoms with Crippen LogP contribution in [0.4, 0.5) is 0 Å². The minimum Gasteiger partial charge on any atom is -0.292 e. The topological polar surface area (TPSA) is 66.0 Å². The smallest absolute Gasteiger partial charge is 0.129 e. The van der Waals surface area contributed by atoms with Crippen molar-refractivity contribution >= 4 is 0 Å². The van der Waals surface area contributed by atoms with E-state index in [-0.39, 0.29) is 0 Å². The Kier molecular flexibility index (Phi) is 1.92. The molecule has 11 heavy (non-hydrogen) atoms. The second-order valence-corrected chi connectivity index (χ2v) is 2.91. The normalized spacial score (nSPS) is 12.0. The van der Waals surface area contributed by atoms with E-state index in [1.165, 1.54) is 0 Å². The highest BCUT2D eigenvalue weighted by Gasteiger charge is 2.23. The average molecular weight is 156 g/mol. The highest BCUT2D eigenvalue weighted by molar-refractivity contribution is 5.03. The van der Waals surface area contributed by atoms with Gasteiger partial charge in [0.2, 0.25) is 0 Å². The highest BCUT2D eigenvalue weighted by Crippen LogP contribution is 2.18. The summed E-state index contributed by atoms with van der Waals surface area (Å²) in [5.74, 6) is 5.07. The Bertz CT molecular complexity index is 242. The van der Waals surface area contributed by atoms with Crippen LogP contribution in [0.5, 0.6) is 0 Å². The maximum absolute atomic E-state index is 5.07. The second kappa shape index (κ2) is 2.60. The molecule has 0 fully saturated rings. The van der Waals surface area contributed by atoms with Gasteiger partial charge in [-0.05, 0) is 13.8 Å². The van der Waals surface area contributed by atoms with Crippen molar-refractivity contribution in [3.05, 3.63) is 11.9 Å². The third-order valence-corrected chi connectivity index (χ3v) is 1.51. The van der Waals surface area contributed by atoms with E-state index >= 15 is 0 Å². The first kappa shape index (κ1) is 8.16. The molecule has 1 aromatic rings. The summed E-state index contributed by atoms with van der Waals surface area (Å²) >= 11 is 0. The second-order valence-electron chi connectivity index (χ2n) is 2.91. The number of aromatic nitrogens is 3. The Labute approximate surface area is 65.1 Å². The molecule has 0 atom stereocenters. The zero-order valence-electron chi connectivity index (χ0n) is 6.90. The van der Waals surface area contributed by atoms with Gasteiger partial charge in [0.05, 0.1) is 6.20 Å². The molecule has 1 heterocycles. The van der Waals surface area contributed by atoms with Crippen molar-refractivity contribution in [3.63, 3.8) is 0 Å². The van der Waals surface area contributed by atoms with Gasteiger partial charge in [-0.1, -0.05) is 5.21 Å². The Balaban J connectivity index is 2.92. The average Bonchev–Trinajstić information content (AvgIpc) is 2.36. The van der Waals surface area contributed by atoms with Crippen molar-refractivity contribution in [2.75, 3.05) is 0 Å². The predicted molar refractivity (Wildman–Crippen MR) is 39.3 cm³/mol. The molecule has 2 N–H and O–H groups in total. The SMILES string of the molecule is Cn1cc(C(C)(C)ON)nn1. The summed E-state index contributed by atoms with van der Waals surface area (Å²) in [5.41, 5.74) is 0.163. The third kappa shape index (κ3) is 1.55. The summed E-state index contributed by atoms with van der Waals surface area (Å²) in [6, 6.07) is 0. The van der Waals surface area contributed by atoms with Crippen LogP contribution in [-0.4, -0.2) is 15.0 Å². The van der Waals surface area contributed by atoms with Crippen LogP contribution in [0, 0.1) is 0 Å². The van der Waals surface area contributed by atoms with Gasteiger partial charge < -0.3 is 0 Å². The predicted octanol–water partition coefficient (Wildman–Crippen LogP) is -0.0595. The van der Waals surface area contributed by atoms with Crippen LogP contribution in [0.15, 0.2) is 6.20 Å². The van der Waals surface area contributed by atoms with Crippen molar-refractivity contribution in [2.24, 2.45) is 12.9 Å². The standard InChI is InChI=1S/C6H12N4O/c1-6(2,11-7)5-4-10(3)9-8-5/h4H,7H2,1-3H3. The molecule has 5 nitrogen and oxygen atoms in total. The molecule has 0 unspecified atom stereocenters. The molecule has 0 aliphatic rings. The Morgan fingerprint density at radius 2 is 2.27 bits per heavy atom. The number of rotatable bonds is 2. The maximum atomic E-state index is 5.07. The zero-order valence-corrected chi connectivity index (χ0v) is 6.90. The molecule has 0 spiro atoms. The Morgan fingerprint density at radius 3 is 2.64 bits per heavy atom. The number of nitrogens with two attached hydrogens (primary N) is 1. The monoisotopic (exact) mass is 156 g/mol. The quantitative estimate of drug-likeness (QED) is 0.609. The van der Waals surface area contributed by atoms with Crippen molar-refractivity contribution in [2.45, 2.75) is 19.4 Å². The molecule has 5 heteroatoms. The van der Waals surface area contributed by atoms with Gasteiger partial charge in [-0.15, -0.1) is 5.10 Å². The number of hydrogen-bond donors (Lipinski definition) is 1. The van der Waals surface area contributed by atoms with E-state index in [1.807, 2.05) is 13.8 Å². The van der Waals surface area contributed by atoms with Crippen LogP contribution in [-0.2, 0) is 17.5 Å². The lowest BCUT2D eigenvalue weighted by Crippen LogP contribution is -2.25. The van der Waals surface area contributed by atoms with Crippen molar-refractivity contribution < 1.29 is 4.84 Å². The van der Waals surface area contributed by atoms with Gasteiger partial charge in [0.1, 0.15) is 11.3 Å². The van der Waals surface area contributed by atoms with Crippen molar-refractivity contribution in [1.29, 1.82) is 0 Å². The number of nitrogens with zero attached hydrogens (tertiary/aromatic N) is 3. The maximum Gasteiger partial charge on any atom is 0.129 e. The highest BCUT2D eigenvalue weighted by atomic mass is 16.6. The molecule has 1 rings (SSSR count). The number of aryl methyl sites for hydroxylation is 1. The summed E-state index contributed by atoms with van der Waals surface area (Å²) in [4.78, 5) is 4.72. The first-order chi connectivity index (χ1) is 5.06. The van der Waals surface area contributed by atoms with E-state index < -0.39 is 5.60 Å². The summed E-state index contributed by atoms with van der Waals surface area (Å²) in [7, 11) is 1.79.